The van der Waals surface area contributed by atoms with Crippen LogP contribution in [-0.2, 0) is 0 Å². The van der Waals surface area contributed by atoms with Gasteiger partial charge < -0.3 is 10.4 Å². The van der Waals surface area contributed by atoms with Gasteiger partial charge in [-0.1, -0.05) is 25.0 Å². The number of carboxylic acid groups (broad SMARTS) is 1. The number of unbranched alkanes of at least 4 members (excludes halogenated alkanes) is 1. The third-order valence-corrected chi connectivity index (χ3v) is 3.88. The van der Waals surface area contributed by atoms with Crippen LogP contribution in [0.15, 0.2) is 36.4 Å². The summed E-state index contributed by atoms with van der Waals surface area (Å²) in [4.78, 5) is 10.7. The van der Waals surface area contributed by atoms with Gasteiger partial charge in [0.1, 0.15) is 0 Å². The molecule has 3 nitrogen and oxygen atoms in total. The number of benzene rings is 1. The van der Waals surface area contributed by atoms with Gasteiger partial charge in [0, 0.05) is 12.2 Å². The van der Waals surface area contributed by atoms with Crippen LogP contribution >= 0.6 is 0 Å². The molecular weight excluding hydrogens is 250 g/mol. The van der Waals surface area contributed by atoms with Crippen molar-refractivity contribution >= 4 is 11.7 Å². The fourth-order valence-corrected chi connectivity index (χ4v) is 2.64. The average molecular weight is 273 g/mol. The van der Waals surface area contributed by atoms with Crippen molar-refractivity contribution in [2.45, 2.75) is 38.5 Å². The summed E-state index contributed by atoms with van der Waals surface area (Å²) < 4.78 is 0. The average Bonchev–Trinajstić information content (AvgIpc) is 2.48. The molecule has 0 heterocycles. The number of carboxylic acids is 1. The summed E-state index contributed by atoms with van der Waals surface area (Å²) in [7, 11) is 0. The molecule has 2 rings (SSSR count). The SMILES string of the molecule is O=C(O)c1ccc(NCCCCC2CC=CCC2)cc1. The zero-order valence-corrected chi connectivity index (χ0v) is 11.8. The molecule has 1 aromatic rings. The molecule has 0 saturated carbocycles. The Balaban J connectivity index is 1.60. The second-order valence-electron chi connectivity index (χ2n) is 5.46. The van der Waals surface area contributed by atoms with Gasteiger partial charge in [0.05, 0.1) is 5.56 Å². The minimum atomic E-state index is -0.877. The number of rotatable bonds is 7. The third kappa shape index (κ3) is 4.72. The van der Waals surface area contributed by atoms with Gasteiger partial charge >= 0.3 is 5.97 Å². The first kappa shape index (κ1) is 14.6. The second-order valence-corrected chi connectivity index (χ2v) is 5.46. The quantitative estimate of drug-likeness (QED) is 0.574. The number of anilines is 1. The van der Waals surface area contributed by atoms with Crippen LogP contribution in [-0.4, -0.2) is 17.6 Å². The number of allylic oxidation sites excluding steroid dienone is 2. The van der Waals surface area contributed by atoms with E-state index in [4.69, 9.17) is 5.11 Å². The molecule has 0 saturated heterocycles. The van der Waals surface area contributed by atoms with Crippen molar-refractivity contribution in [3.63, 3.8) is 0 Å². The second kappa shape index (κ2) is 7.73. The highest BCUT2D eigenvalue weighted by Crippen LogP contribution is 2.23. The zero-order valence-electron chi connectivity index (χ0n) is 11.8. The maximum Gasteiger partial charge on any atom is 0.335 e. The van der Waals surface area contributed by atoms with Gasteiger partial charge in [0.25, 0.3) is 0 Å². The van der Waals surface area contributed by atoms with Gasteiger partial charge in [-0.15, -0.1) is 0 Å². The molecule has 1 aliphatic rings. The zero-order chi connectivity index (χ0) is 14.2. The van der Waals surface area contributed by atoms with Crippen LogP contribution in [0.25, 0.3) is 0 Å². The predicted octanol–water partition coefficient (Wildman–Crippen LogP) is 4.32. The van der Waals surface area contributed by atoms with E-state index in [1.807, 2.05) is 12.1 Å². The van der Waals surface area contributed by atoms with Crippen molar-refractivity contribution in [3.8, 4) is 0 Å². The Kier molecular flexibility index (Phi) is 5.66. The monoisotopic (exact) mass is 273 g/mol. The Morgan fingerprint density at radius 2 is 2.00 bits per heavy atom. The largest absolute Gasteiger partial charge is 0.478 e. The fraction of sp³-hybridized carbons (Fsp3) is 0.471. The van der Waals surface area contributed by atoms with Crippen molar-refractivity contribution in [1.82, 2.24) is 0 Å². The number of aromatic carboxylic acids is 1. The van der Waals surface area contributed by atoms with Gasteiger partial charge in [-0.25, -0.2) is 4.79 Å². The van der Waals surface area contributed by atoms with E-state index in [0.29, 0.717) is 5.56 Å². The molecule has 1 unspecified atom stereocenters. The third-order valence-electron chi connectivity index (χ3n) is 3.88. The topological polar surface area (TPSA) is 49.3 Å². The summed E-state index contributed by atoms with van der Waals surface area (Å²) in [5.41, 5.74) is 1.33. The van der Waals surface area contributed by atoms with Gasteiger partial charge in [0.15, 0.2) is 0 Å². The molecule has 2 N–H and O–H groups in total. The molecule has 0 spiro atoms. The maximum atomic E-state index is 10.7. The molecule has 0 bridgehead atoms. The molecule has 1 atom stereocenters. The van der Waals surface area contributed by atoms with E-state index in [-0.39, 0.29) is 0 Å². The van der Waals surface area contributed by atoms with Gasteiger partial charge in [-0.05, 0) is 55.9 Å². The molecule has 20 heavy (non-hydrogen) atoms. The Morgan fingerprint density at radius 1 is 1.20 bits per heavy atom. The highest BCUT2D eigenvalue weighted by Gasteiger charge is 2.08. The predicted molar refractivity (Wildman–Crippen MR) is 82.2 cm³/mol. The van der Waals surface area contributed by atoms with Crippen molar-refractivity contribution < 1.29 is 9.90 Å². The maximum absolute atomic E-state index is 10.7. The highest BCUT2D eigenvalue weighted by molar-refractivity contribution is 5.87. The van der Waals surface area contributed by atoms with E-state index in [1.165, 1.54) is 38.5 Å². The fourth-order valence-electron chi connectivity index (χ4n) is 2.64. The lowest BCUT2D eigenvalue weighted by molar-refractivity contribution is 0.0697. The van der Waals surface area contributed by atoms with E-state index in [2.05, 4.69) is 17.5 Å². The van der Waals surface area contributed by atoms with E-state index in [9.17, 15) is 4.79 Å². The summed E-state index contributed by atoms with van der Waals surface area (Å²) >= 11 is 0. The number of hydrogen-bond acceptors (Lipinski definition) is 2. The van der Waals surface area contributed by atoms with Crippen LogP contribution in [0.4, 0.5) is 5.69 Å². The van der Waals surface area contributed by atoms with Crippen LogP contribution < -0.4 is 5.32 Å². The Labute approximate surface area is 120 Å². The molecule has 0 fully saturated rings. The van der Waals surface area contributed by atoms with Gasteiger partial charge in [-0.3, -0.25) is 0 Å². The van der Waals surface area contributed by atoms with Crippen LogP contribution in [0.1, 0.15) is 48.9 Å². The van der Waals surface area contributed by atoms with Crippen molar-refractivity contribution in [2.75, 3.05) is 11.9 Å². The lowest BCUT2D eigenvalue weighted by Gasteiger charge is -2.17. The first-order chi connectivity index (χ1) is 9.75. The van der Waals surface area contributed by atoms with E-state index in [0.717, 1.165) is 18.2 Å². The Bertz CT molecular complexity index is 451. The standard InChI is InChI=1S/C17H23NO2/c19-17(20)15-9-11-16(12-10-15)18-13-5-4-8-14-6-2-1-3-7-14/h1-2,9-12,14,18H,3-8,13H2,(H,19,20). The highest BCUT2D eigenvalue weighted by atomic mass is 16.4. The smallest absolute Gasteiger partial charge is 0.335 e. The van der Waals surface area contributed by atoms with Crippen LogP contribution in [0.2, 0.25) is 0 Å². The molecular formula is C17H23NO2. The van der Waals surface area contributed by atoms with Crippen molar-refractivity contribution in [1.29, 1.82) is 0 Å². The minimum Gasteiger partial charge on any atom is -0.478 e. The lowest BCUT2D eigenvalue weighted by atomic mass is 9.90. The molecule has 108 valence electrons. The summed E-state index contributed by atoms with van der Waals surface area (Å²) in [6.07, 6.45) is 12.2. The van der Waals surface area contributed by atoms with Crippen LogP contribution in [0.3, 0.4) is 0 Å². The van der Waals surface area contributed by atoms with Crippen molar-refractivity contribution in [3.05, 3.63) is 42.0 Å². The Hall–Kier alpha value is -1.77. The number of hydrogen-bond donors (Lipinski definition) is 2. The van der Waals surface area contributed by atoms with Crippen LogP contribution in [0, 0.1) is 5.92 Å². The lowest BCUT2D eigenvalue weighted by Crippen LogP contribution is -2.05. The molecule has 0 aliphatic heterocycles. The van der Waals surface area contributed by atoms with Crippen molar-refractivity contribution in [2.24, 2.45) is 5.92 Å². The molecule has 1 aliphatic carbocycles. The molecule has 1 aromatic carbocycles. The summed E-state index contributed by atoms with van der Waals surface area (Å²) in [5, 5.41) is 12.2. The number of nitrogens with one attached hydrogen (secondary N) is 1. The van der Waals surface area contributed by atoms with Gasteiger partial charge in [0.2, 0.25) is 0 Å². The molecule has 0 amide bonds. The minimum absolute atomic E-state index is 0.334. The summed E-state index contributed by atoms with van der Waals surface area (Å²) in [6.45, 7) is 0.953. The summed E-state index contributed by atoms with van der Waals surface area (Å²) in [5.74, 6) is 0.00734. The first-order valence-corrected chi connectivity index (χ1v) is 7.48. The van der Waals surface area contributed by atoms with E-state index < -0.39 is 5.97 Å². The molecule has 3 heteroatoms. The normalized spacial score (nSPS) is 17.9. The molecule has 0 radical (unpaired) electrons. The van der Waals surface area contributed by atoms with Crippen LogP contribution in [0.5, 0.6) is 0 Å². The van der Waals surface area contributed by atoms with Gasteiger partial charge in [-0.2, -0.15) is 0 Å². The number of carbonyl (C=O) groups is 1. The first-order valence-electron chi connectivity index (χ1n) is 7.48. The molecule has 0 aromatic heterocycles. The van der Waals surface area contributed by atoms with E-state index >= 15 is 0 Å². The summed E-state index contributed by atoms with van der Waals surface area (Å²) in [6, 6.07) is 6.93. The van der Waals surface area contributed by atoms with E-state index in [1.54, 1.807) is 12.1 Å². The Morgan fingerprint density at radius 3 is 2.65 bits per heavy atom.